The fraction of sp³-hybridized carbons (Fsp3) is 0.333. The molecule has 0 spiro atoms. The van der Waals surface area contributed by atoms with E-state index in [9.17, 15) is 4.79 Å². The fourth-order valence-electron chi connectivity index (χ4n) is 1.27. The molecule has 1 amide bonds. The second-order valence-corrected chi connectivity index (χ2v) is 3.30. The summed E-state index contributed by atoms with van der Waals surface area (Å²) in [5.41, 5.74) is 2.26. The molecule has 1 aromatic heterocycles. The van der Waals surface area contributed by atoms with Gasteiger partial charge < -0.3 is 5.32 Å². The molecule has 0 aliphatic carbocycles. The Morgan fingerprint density at radius 2 is 2.27 bits per heavy atom. The van der Waals surface area contributed by atoms with Gasteiger partial charge in [-0.15, -0.1) is 12.3 Å². The van der Waals surface area contributed by atoms with Crippen molar-refractivity contribution in [2.75, 3.05) is 6.54 Å². The second-order valence-electron chi connectivity index (χ2n) is 3.30. The first-order chi connectivity index (χ1) is 7.15. The van der Waals surface area contributed by atoms with Crippen LogP contribution in [0.5, 0.6) is 0 Å². The first kappa shape index (κ1) is 11.3. The summed E-state index contributed by atoms with van der Waals surface area (Å²) in [6.45, 7) is 4.22. The van der Waals surface area contributed by atoms with E-state index in [1.165, 1.54) is 0 Å². The van der Waals surface area contributed by atoms with Gasteiger partial charge in [-0.25, -0.2) is 0 Å². The lowest BCUT2D eigenvalue weighted by Gasteiger charge is -2.06. The molecule has 0 radical (unpaired) electrons. The topological polar surface area (TPSA) is 42.0 Å². The summed E-state index contributed by atoms with van der Waals surface area (Å²) in [5, 5.41) is 2.74. The molecule has 0 aliphatic heterocycles. The second kappa shape index (κ2) is 5.16. The number of carbonyl (C=O) groups is 1. The fourth-order valence-corrected chi connectivity index (χ4v) is 1.27. The Kier molecular flexibility index (Phi) is 3.87. The Bertz CT molecular complexity index is 405. The van der Waals surface area contributed by atoms with Crippen LogP contribution < -0.4 is 5.32 Å². The van der Waals surface area contributed by atoms with Gasteiger partial charge in [-0.1, -0.05) is 0 Å². The van der Waals surface area contributed by atoms with Gasteiger partial charge in [-0.2, -0.15) is 0 Å². The molecule has 1 rings (SSSR count). The third-order valence-corrected chi connectivity index (χ3v) is 2.02. The van der Waals surface area contributed by atoms with E-state index in [0.717, 1.165) is 11.4 Å². The molecule has 0 atom stereocenters. The molecule has 0 saturated heterocycles. The van der Waals surface area contributed by atoms with Crippen LogP contribution in [0.1, 0.15) is 28.2 Å². The van der Waals surface area contributed by atoms with Crippen molar-refractivity contribution in [3.63, 3.8) is 0 Å². The van der Waals surface area contributed by atoms with E-state index in [1.807, 2.05) is 19.9 Å². The summed E-state index contributed by atoms with van der Waals surface area (Å²) in [5.74, 6) is 2.35. The summed E-state index contributed by atoms with van der Waals surface area (Å²) >= 11 is 0. The van der Waals surface area contributed by atoms with Crippen molar-refractivity contribution in [3.8, 4) is 12.3 Å². The Hall–Kier alpha value is -1.82. The van der Waals surface area contributed by atoms with E-state index in [4.69, 9.17) is 6.42 Å². The van der Waals surface area contributed by atoms with E-state index in [2.05, 4.69) is 16.2 Å². The number of rotatable bonds is 3. The third-order valence-electron chi connectivity index (χ3n) is 2.02. The molecule has 1 aromatic rings. The third kappa shape index (κ3) is 3.10. The summed E-state index contributed by atoms with van der Waals surface area (Å²) in [7, 11) is 0. The van der Waals surface area contributed by atoms with Crippen molar-refractivity contribution >= 4 is 5.91 Å². The van der Waals surface area contributed by atoms with Crippen molar-refractivity contribution in [2.45, 2.75) is 20.3 Å². The number of nitrogens with zero attached hydrogens (tertiary/aromatic N) is 1. The van der Waals surface area contributed by atoms with Crippen molar-refractivity contribution in [1.29, 1.82) is 0 Å². The Labute approximate surface area is 89.9 Å². The minimum atomic E-state index is -0.116. The minimum absolute atomic E-state index is 0.116. The van der Waals surface area contributed by atoms with Gasteiger partial charge in [0.15, 0.2) is 0 Å². The summed E-state index contributed by atoms with van der Waals surface area (Å²) < 4.78 is 0. The molecule has 3 heteroatoms. The van der Waals surface area contributed by atoms with Crippen LogP contribution in [0.3, 0.4) is 0 Å². The van der Waals surface area contributed by atoms with Gasteiger partial charge in [-0.05, 0) is 26.0 Å². The largest absolute Gasteiger partial charge is 0.351 e. The van der Waals surface area contributed by atoms with Gasteiger partial charge in [0.2, 0.25) is 0 Å². The number of pyridine rings is 1. The molecule has 15 heavy (non-hydrogen) atoms. The average molecular weight is 202 g/mol. The van der Waals surface area contributed by atoms with Crippen LogP contribution >= 0.6 is 0 Å². The number of carbonyl (C=O) groups excluding carboxylic acids is 1. The first-order valence-electron chi connectivity index (χ1n) is 4.81. The number of terminal acetylenes is 1. The maximum absolute atomic E-state index is 11.6. The molecule has 0 bridgehead atoms. The van der Waals surface area contributed by atoms with Gasteiger partial charge in [0.05, 0.1) is 11.3 Å². The zero-order valence-electron chi connectivity index (χ0n) is 9.00. The Morgan fingerprint density at radius 1 is 1.53 bits per heavy atom. The number of amides is 1. The van der Waals surface area contributed by atoms with E-state index in [1.54, 1.807) is 6.07 Å². The van der Waals surface area contributed by atoms with Crippen LogP contribution in [-0.2, 0) is 0 Å². The van der Waals surface area contributed by atoms with Gasteiger partial charge >= 0.3 is 0 Å². The van der Waals surface area contributed by atoms with E-state index >= 15 is 0 Å². The summed E-state index contributed by atoms with van der Waals surface area (Å²) in [6.07, 6.45) is 5.64. The lowest BCUT2D eigenvalue weighted by atomic mass is 10.1. The molecule has 0 aromatic carbocycles. The molecular weight excluding hydrogens is 188 g/mol. The highest BCUT2D eigenvalue weighted by molar-refractivity contribution is 5.95. The average Bonchev–Trinajstić information content (AvgIpc) is 2.17. The van der Waals surface area contributed by atoms with Crippen molar-refractivity contribution in [2.24, 2.45) is 0 Å². The van der Waals surface area contributed by atoms with Crippen molar-refractivity contribution < 1.29 is 4.79 Å². The number of hydrogen-bond donors (Lipinski definition) is 1. The van der Waals surface area contributed by atoms with Crippen molar-refractivity contribution in [1.82, 2.24) is 10.3 Å². The monoisotopic (exact) mass is 202 g/mol. The zero-order valence-corrected chi connectivity index (χ0v) is 9.00. The number of aromatic nitrogens is 1. The van der Waals surface area contributed by atoms with Gasteiger partial charge in [0.1, 0.15) is 0 Å². The highest BCUT2D eigenvalue weighted by Gasteiger charge is 2.08. The van der Waals surface area contributed by atoms with Crippen LogP contribution in [0.25, 0.3) is 0 Å². The van der Waals surface area contributed by atoms with Crippen LogP contribution in [0, 0.1) is 26.2 Å². The van der Waals surface area contributed by atoms with Crippen LogP contribution in [0.15, 0.2) is 12.1 Å². The predicted octanol–water partition coefficient (Wildman–Crippen LogP) is 1.45. The molecule has 0 unspecified atom stereocenters. The molecule has 1 N–H and O–H groups in total. The first-order valence-corrected chi connectivity index (χ1v) is 4.81. The van der Waals surface area contributed by atoms with Gasteiger partial charge in [0.25, 0.3) is 5.91 Å². The quantitative estimate of drug-likeness (QED) is 0.595. The van der Waals surface area contributed by atoms with Crippen LogP contribution in [0.4, 0.5) is 0 Å². The number of nitrogens with one attached hydrogen (secondary N) is 1. The van der Waals surface area contributed by atoms with E-state index < -0.39 is 0 Å². The lowest BCUT2D eigenvalue weighted by Crippen LogP contribution is -2.25. The van der Waals surface area contributed by atoms with Crippen LogP contribution in [-0.4, -0.2) is 17.4 Å². The Morgan fingerprint density at radius 3 is 2.87 bits per heavy atom. The van der Waals surface area contributed by atoms with Gasteiger partial charge in [-0.3, -0.25) is 9.78 Å². The summed E-state index contributed by atoms with van der Waals surface area (Å²) in [4.78, 5) is 15.9. The molecular formula is C12H14N2O. The molecule has 1 heterocycles. The molecule has 0 saturated carbocycles. The highest BCUT2D eigenvalue weighted by atomic mass is 16.1. The standard InChI is InChI=1S/C12H14N2O/c1-4-5-8-13-12(15)11-7-6-9(2)14-10(11)3/h1,6-7H,5,8H2,2-3H3,(H,13,15). The van der Waals surface area contributed by atoms with Crippen molar-refractivity contribution in [3.05, 3.63) is 29.1 Å². The normalized spacial score (nSPS) is 9.40. The molecule has 3 nitrogen and oxygen atoms in total. The zero-order chi connectivity index (χ0) is 11.3. The molecule has 0 aliphatic rings. The number of hydrogen-bond acceptors (Lipinski definition) is 2. The van der Waals surface area contributed by atoms with E-state index in [0.29, 0.717) is 18.5 Å². The minimum Gasteiger partial charge on any atom is -0.351 e. The SMILES string of the molecule is C#CCCNC(=O)c1ccc(C)nc1C. The smallest absolute Gasteiger partial charge is 0.253 e. The maximum atomic E-state index is 11.6. The lowest BCUT2D eigenvalue weighted by molar-refractivity contribution is 0.0953. The highest BCUT2D eigenvalue weighted by Crippen LogP contribution is 2.05. The maximum Gasteiger partial charge on any atom is 0.253 e. The molecule has 0 fully saturated rings. The number of aryl methyl sites for hydroxylation is 2. The van der Waals surface area contributed by atoms with Gasteiger partial charge in [0, 0.05) is 18.7 Å². The Balaban J connectivity index is 2.70. The van der Waals surface area contributed by atoms with Crippen LogP contribution in [0.2, 0.25) is 0 Å². The predicted molar refractivity (Wildman–Crippen MR) is 59.5 cm³/mol. The summed E-state index contributed by atoms with van der Waals surface area (Å²) in [6, 6.07) is 3.60. The molecule has 78 valence electrons. The van der Waals surface area contributed by atoms with E-state index in [-0.39, 0.29) is 5.91 Å².